The summed E-state index contributed by atoms with van der Waals surface area (Å²) in [5.41, 5.74) is 1.28. The Bertz CT molecular complexity index is 422. The number of nitrogens with zero attached hydrogens (tertiary/aromatic N) is 3. The molecule has 0 saturated carbocycles. The molecular formula is C16H30N4S. The van der Waals surface area contributed by atoms with Gasteiger partial charge in [0.15, 0.2) is 5.13 Å². The fraction of sp³-hybridized carbons (Fsp3) is 0.812. The molecule has 0 spiro atoms. The van der Waals surface area contributed by atoms with E-state index in [2.05, 4.69) is 42.8 Å². The molecule has 0 atom stereocenters. The molecule has 0 radical (unpaired) electrons. The second-order valence-electron chi connectivity index (χ2n) is 6.17. The summed E-state index contributed by atoms with van der Waals surface area (Å²) < 4.78 is 0. The standard InChI is InChI=1S/C16H30N4S/c1-5-14-15(12-17-11-13(3)4)21-16(18-14)20-9-7-19(6-2)8-10-20/h13,17H,5-12H2,1-4H3. The average Bonchev–Trinajstić information content (AvgIpc) is 2.90. The molecule has 1 aliphatic rings. The van der Waals surface area contributed by atoms with Gasteiger partial charge in [-0.3, -0.25) is 0 Å². The van der Waals surface area contributed by atoms with Crippen LogP contribution in [0.2, 0.25) is 0 Å². The molecule has 1 aromatic rings. The second kappa shape index (κ2) is 8.11. The van der Waals surface area contributed by atoms with E-state index in [4.69, 9.17) is 4.98 Å². The number of hydrogen-bond donors (Lipinski definition) is 1. The Morgan fingerprint density at radius 3 is 2.48 bits per heavy atom. The van der Waals surface area contributed by atoms with Crippen LogP contribution in [-0.4, -0.2) is 49.2 Å². The van der Waals surface area contributed by atoms with E-state index in [-0.39, 0.29) is 0 Å². The number of anilines is 1. The molecule has 0 aliphatic carbocycles. The van der Waals surface area contributed by atoms with Crippen LogP contribution in [0.4, 0.5) is 5.13 Å². The Morgan fingerprint density at radius 2 is 1.90 bits per heavy atom. The second-order valence-corrected chi connectivity index (χ2v) is 7.23. The summed E-state index contributed by atoms with van der Waals surface area (Å²) in [6.45, 7) is 16.7. The Kier molecular flexibility index (Phi) is 6.45. The van der Waals surface area contributed by atoms with E-state index >= 15 is 0 Å². The van der Waals surface area contributed by atoms with Crippen LogP contribution in [0.3, 0.4) is 0 Å². The summed E-state index contributed by atoms with van der Waals surface area (Å²) in [6, 6.07) is 0. The first-order valence-corrected chi connectivity index (χ1v) is 9.12. The highest BCUT2D eigenvalue weighted by molar-refractivity contribution is 7.15. The molecule has 1 aromatic heterocycles. The molecule has 0 aromatic carbocycles. The number of likely N-dealkylation sites (N-methyl/N-ethyl adjacent to an activating group) is 1. The molecule has 2 rings (SSSR count). The molecule has 1 fully saturated rings. The number of nitrogens with one attached hydrogen (secondary N) is 1. The third kappa shape index (κ3) is 4.66. The predicted octanol–water partition coefficient (Wildman–Crippen LogP) is 2.59. The Hall–Kier alpha value is -0.650. The molecule has 0 bridgehead atoms. The van der Waals surface area contributed by atoms with Gasteiger partial charge in [-0.1, -0.05) is 27.7 Å². The predicted molar refractivity (Wildman–Crippen MR) is 92.4 cm³/mol. The van der Waals surface area contributed by atoms with Crippen LogP contribution in [-0.2, 0) is 13.0 Å². The third-order valence-electron chi connectivity index (χ3n) is 4.03. The molecule has 4 nitrogen and oxygen atoms in total. The fourth-order valence-corrected chi connectivity index (χ4v) is 3.82. The van der Waals surface area contributed by atoms with Gasteiger partial charge in [-0.05, 0) is 25.4 Å². The van der Waals surface area contributed by atoms with Crippen LogP contribution in [0, 0.1) is 5.92 Å². The maximum Gasteiger partial charge on any atom is 0.185 e. The minimum Gasteiger partial charge on any atom is -0.346 e. The normalized spacial score (nSPS) is 16.9. The lowest BCUT2D eigenvalue weighted by atomic mass is 10.2. The van der Waals surface area contributed by atoms with Crippen molar-refractivity contribution in [3.63, 3.8) is 0 Å². The van der Waals surface area contributed by atoms with Crippen LogP contribution >= 0.6 is 11.3 Å². The molecule has 1 aliphatic heterocycles. The summed E-state index contributed by atoms with van der Waals surface area (Å²) in [5.74, 6) is 0.699. The molecule has 1 N–H and O–H groups in total. The first kappa shape index (κ1) is 16.7. The van der Waals surface area contributed by atoms with Crippen molar-refractivity contribution in [2.24, 2.45) is 5.92 Å². The molecule has 21 heavy (non-hydrogen) atoms. The highest BCUT2D eigenvalue weighted by atomic mass is 32.1. The van der Waals surface area contributed by atoms with Gasteiger partial charge < -0.3 is 15.1 Å². The van der Waals surface area contributed by atoms with Crippen LogP contribution in [0.5, 0.6) is 0 Å². The third-order valence-corrected chi connectivity index (χ3v) is 5.19. The zero-order valence-electron chi connectivity index (χ0n) is 14.0. The average molecular weight is 311 g/mol. The van der Waals surface area contributed by atoms with Crippen molar-refractivity contribution < 1.29 is 0 Å². The van der Waals surface area contributed by atoms with Crippen molar-refractivity contribution in [3.8, 4) is 0 Å². The number of rotatable bonds is 7. The number of aryl methyl sites for hydroxylation is 1. The van der Waals surface area contributed by atoms with Gasteiger partial charge in [0.25, 0.3) is 0 Å². The van der Waals surface area contributed by atoms with Gasteiger partial charge in [-0.25, -0.2) is 4.98 Å². The molecule has 5 heteroatoms. The van der Waals surface area contributed by atoms with Gasteiger partial charge in [-0.2, -0.15) is 0 Å². The molecule has 1 saturated heterocycles. The van der Waals surface area contributed by atoms with Crippen LogP contribution in [0.1, 0.15) is 38.3 Å². The summed E-state index contributed by atoms with van der Waals surface area (Å²) in [6.07, 6.45) is 1.03. The van der Waals surface area contributed by atoms with Crippen molar-refractivity contribution in [1.82, 2.24) is 15.2 Å². The van der Waals surface area contributed by atoms with Gasteiger partial charge >= 0.3 is 0 Å². The van der Waals surface area contributed by atoms with E-state index < -0.39 is 0 Å². The van der Waals surface area contributed by atoms with Gasteiger partial charge in [-0.15, -0.1) is 11.3 Å². The monoisotopic (exact) mass is 310 g/mol. The Balaban J connectivity index is 1.96. The van der Waals surface area contributed by atoms with Crippen LogP contribution < -0.4 is 10.2 Å². The smallest absolute Gasteiger partial charge is 0.185 e. The first-order valence-electron chi connectivity index (χ1n) is 8.30. The number of aromatic nitrogens is 1. The summed E-state index contributed by atoms with van der Waals surface area (Å²) in [4.78, 5) is 11.3. The summed E-state index contributed by atoms with van der Waals surface area (Å²) in [7, 11) is 0. The van der Waals surface area contributed by atoms with Gasteiger partial charge in [0.05, 0.1) is 5.69 Å². The van der Waals surface area contributed by atoms with E-state index in [9.17, 15) is 0 Å². The molecular weight excluding hydrogens is 280 g/mol. The number of hydrogen-bond acceptors (Lipinski definition) is 5. The molecule has 2 heterocycles. The molecule has 120 valence electrons. The lowest BCUT2D eigenvalue weighted by Crippen LogP contribution is -2.46. The lowest BCUT2D eigenvalue weighted by molar-refractivity contribution is 0.271. The topological polar surface area (TPSA) is 31.4 Å². The van der Waals surface area contributed by atoms with E-state index in [0.29, 0.717) is 5.92 Å². The Labute approximate surface area is 133 Å². The van der Waals surface area contributed by atoms with Crippen molar-refractivity contribution >= 4 is 16.5 Å². The van der Waals surface area contributed by atoms with E-state index in [1.807, 2.05) is 11.3 Å². The minimum absolute atomic E-state index is 0.699. The fourth-order valence-electron chi connectivity index (χ4n) is 2.65. The van der Waals surface area contributed by atoms with Crippen LogP contribution in [0.25, 0.3) is 0 Å². The minimum atomic E-state index is 0.699. The zero-order chi connectivity index (χ0) is 15.2. The number of thiazole rings is 1. The quantitative estimate of drug-likeness (QED) is 0.839. The van der Waals surface area contributed by atoms with Gasteiger partial charge in [0.1, 0.15) is 0 Å². The maximum absolute atomic E-state index is 4.89. The summed E-state index contributed by atoms with van der Waals surface area (Å²) in [5, 5.41) is 4.78. The van der Waals surface area contributed by atoms with E-state index in [1.165, 1.54) is 28.8 Å². The highest BCUT2D eigenvalue weighted by Gasteiger charge is 2.20. The van der Waals surface area contributed by atoms with Crippen LogP contribution in [0.15, 0.2) is 0 Å². The molecule has 0 unspecified atom stereocenters. The SMILES string of the molecule is CCc1nc(N2CCN(CC)CC2)sc1CNCC(C)C. The van der Waals surface area contributed by atoms with E-state index in [1.54, 1.807) is 0 Å². The van der Waals surface area contributed by atoms with Crippen molar-refractivity contribution in [2.75, 3.05) is 44.2 Å². The lowest BCUT2D eigenvalue weighted by Gasteiger charge is -2.33. The summed E-state index contributed by atoms with van der Waals surface area (Å²) >= 11 is 1.88. The largest absolute Gasteiger partial charge is 0.346 e. The van der Waals surface area contributed by atoms with E-state index in [0.717, 1.165) is 39.1 Å². The van der Waals surface area contributed by atoms with Gasteiger partial charge in [0.2, 0.25) is 0 Å². The van der Waals surface area contributed by atoms with Crippen molar-refractivity contribution in [1.29, 1.82) is 0 Å². The van der Waals surface area contributed by atoms with Crippen molar-refractivity contribution in [2.45, 2.75) is 40.7 Å². The molecule has 0 amide bonds. The highest BCUT2D eigenvalue weighted by Crippen LogP contribution is 2.27. The maximum atomic E-state index is 4.89. The zero-order valence-corrected chi connectivity index (χ0v) is 14.8. The first-order chi connectivity index (χ1) is 10.1. The van der Waals surface area contributed by atoms with Gasteiger partial charge in [0, 0.05) is 37.6 Å². The Morgan fingerprint density at radius 1 is 1.19 bits per heavy atom. The number of piperazine rings is 1. The van der Waals surface area contributed by atoms with Crippen molar-refractivity contribution in [3.05, 3.63) is 10.6 Å².